The van der Waals surface area contributed by atoms with E-state index in [1.165, 1.54) is 10.7 Å². The Morgan fingerprint density at radius 3 is 2.54 bits per heavy atom. The molecule has 4 aromatic rings. The Morgan fingerprint density at radius 1 is 1.05 bits per heavy atom. The molecule has 8 heteroatoms. The number of carbonyl (C=O) groups is 2. The number of benzene rings is 3. The van der Waals surface area contributed by atoms with Crippen molar-refractivity contribution in [3.05, 3.63) is 100 Å². The first-order valence-corrected chi connectivity index (χ1v) is 12.6. The first-order valence-electron chi connectivity index (χ1n) is 12.2. The lowest BCUT2D eigenvalue weighted by Crippen LogP contribution is -2.31. The third kappa shape index (κ3) is 5.22. The summed E-state index contributed by atoms with van der Waals surface area (Å²) < 4.78 is 1.38. The van der Waals surface area contributed by atoms with Crippen LogP contribution in [0.3, 0.4) is 0 Å². The Morgan fingerprint density at radius 2 is 1.81 bits per heavy atom. The second-order valence-corrected chi connectivity index (χ2v) is 9.65. The van der Waals surface area contributed by atoms with Crippen LogP contribution in [0.15, 0.2) is 72.8 Å². The number of phenols is 1. The summed E-state index contributed by atoms with van der Waals surface area (Å²) in [6.07, 6.45) is 3.04. The van der Waals surface area contributed by atoms with Gasteiger partial charge >= 0.3 is 6.03 Å². The summed E-state index contributed by atoms with van der Waals surface area (Å²) >= 11 is 6.24. The number of nitrogens with zero attached hydrogens (tertiary/aromatic N) is 2. The van der Waals surface area contributed by atoms with Crippen molar-refractivity contribution < 1.29 is 14.7 Å². The molecule has 1 saturated carbocycles. The Labute approximate surface area is 220 Å². The number of aromatic nitrogens is 2. The van der Waals surface area contributed by atoms with Crippen LogP contribution in [-0.4, -0.2) is 26.8 Å². The van der Waals surface area contributed by atoms with Crippen LogP contribution < -0.4 is 10.6 Å². The van der Waals surface area contributed by atoms with E-state index in [1.54, 1.807) is 24.3 Å². The van der Waals surface area contributed by atoms with Crippen molar-refractivity contribution in [1.29, 1.82) is 0 Å². The Kier molecular flexibility index (Phi) is 6.97. The highest BCUT2D eigenvalue weighted by Gasteiger charge is 2.28. The molecule has 0 saturated heterocycles. The predicted octanol–water partition coefficient (Wildman–Crippen LogP) is 6.50. The highest BCUT2D eigenvalue weighted by molar-refractivity contribution is 6.31. The first kappa shape index (κ1) is 24.6. The molecule has 2 amide bonds. The molecule has 0 radical (unpaired) electrons. The molecule has 0 bridgehead atoms. The summed E-state index contributed by atoms with van der Waals surface area (Å²) in [5.74, 6) is -0.0112. The Bertz CT molecular complexity index is 1480. The minimum Gasteiger partial charge on any atom is -0.507 e. The van der Waals surface area contributed by atoms with Gasteiger partial charge in [0.25, 0.3) is 5.91 Å². The SMILES string of the molecule is Cc1ccccc1C(=O)Nc1ccc(O)c(-c2cc(C3CCC3)n(C(=O)NCc3ccccc3Cl)n2)c1. The quantitative estimate of drug-likeness (QED) is 0.256. The summed E-state index contributed by atoms with van der Waals surface area (Å²) in [6, 6.07) is 21.0. The summed E-state index contributed by atoms with van der Waals surface area (Å²) in [7, 11) is 0. The molecule has 3 aromatic carbocycles. The molecule has 5 rings (SSSR count). The summed E-state index contributed by atoms with van der Waals surface area (Å²) in [4.78, 5) is 26.0. The molecule has 3 N–H and O–H groups in total. The van der Waals surface area contributed by atoms with E-state index in [0.29, 0.717) is 27.5 Å². The van der Waals surface area contributed by atoms with E-state index in [1.807, 2.05) is 49.4 Å². The van der Waals surface area contributed by atoms with Crippen LogP contribution in [0.2, 0.25) is 5.02 Å². The molecule has 1 aliphatic carbocycles. The second-order valence-electron chi connectivity index (χ2n) is 9.25. The van der Waals surface area contributed by atoms with Gasteiger partial charge in [-0.25, -0.2) is 4.79 Å². The van der Waals surface area contributed by atoms with E-state index in [-0.39, 0.29) is 30.2 Å². The molecule has 0 spiro atoms. The largest absolute Gasteiger partial charge is 0.507 e. The standard InChI is InChI=1S/C29H27ClN4O3/c1-18-7-2-4-11-22(18)28(36)32-21-13-14-27(35)23(15-21)25-16-26(19-9-6-10-19)34(33-25)29(37)31-17-20-8-3-5-12-24(20)30/h2-5,7-8,11-16,19,35H,6,9-10,17H2,1H3,(H,31,37)(H,32,36). The van der Waals surface area contributed by atoms with Gasteiger partial charge in [0, 0.05) is 34.3 Å². The van der Waals surface area contributed by atoms with Gasteiger partial charge in [-0.05, 0) is 67.3 Å². The number of phenolic OH excluding ortho intramolecular Hbond substituents is 1. The molecule has 0 unspecified atom stereocenters. The molecule has 1 aromatic heterocycles. The van der Waals surface area contributed by atoms with Crippen LogP contribution in [0.4, 0.5) is 10.5 Å². The number of hydrogen-bond donors (Lipinski definition) is 3. The number of nitrogens with one attached hydrogen (secondary N) is 2. The van der Waals surface area contributed by atoms with E-state index in [4.69, 9.17) is 11.6 Å². The monoisotopic (exact) mass is 514 g/mol. The third-order valence-corrected chi connectivity index (χ3v) is 7.13. The molecule has 7 nitrogen and oxygen atoms in total. The number of carbonyl (C=O) groups excluding carboxylic acids is 2. The minimum atomic E-state index is -0.364. The van der Waals surface area contributed by atoms with Crippen LogP contribution >= 0.6 is 11.6 Å². The fourth-order valence-electron chi connectivity index (χ4n) is 4.42. The maximum absolute atomic E-state index is 13.2. The molecule has 0 atom stereocenters. The predicted molar refractivity (Wildman–Crippen MR) is 144 cm³/mol. The van der Waals surface area contributed by atoms with E-state index < -0.39 is 0 Å². The van der Waals surface area contributed by atoms with Crippen LogP contribution in [0.5, 0.6) is 5.75 Å². The van der Waals surface area contributed by atoms with Crippen LogP contribution in [-0.2, 0) is 6.54 Å². The second kappa shape index (κ2) is 10.5. The number of rotatable bonds is 6. The van der Waals surface area contributed by atoms with Crippen LogP contribution in [0, 0.1) is 6.92 Å². The van der Waals surface area contributed by atoms with Gasteiger partial charge in [0.15, 0.2) is 0 Å². The maximum atomic E-state index is 13.2. The molecule has 188 valence electrons. The average molecular weight is 515 g/mol. The first-order chi connectivity index (χ1) is 17.9. The van der Waals surface area contributed by atoms with Crippen LogP contribution in [0.1, 0.15) is 52.4 Å². The van der Waals surface area contributed by atoms with Gasteiger partial charge < -0.3 is 15.7 Å². The van der Waals surface area contributed by atoms with E-state index in [0.717, 1.165) is 36.1 Å². The minimum absolute atomic E-state index is 0.00942. The van der Waals surface area contributed by atoms with Gasteiger partial charge in [0.1, 0.15) is 5.75 Å². The number of halogens is 1. The molecule has 0 aliphatic heterocycles. The van der Waals surface area contributed by atoms with Crippen molar-refractivity contribution >= 4 is 29.2 Å². The fourth-order valence-corrected chi connectivity index (χ4v) is 4.62. The van der Waals surface area contributed by atoms with Gasteiger partial charge in [-0.2, -0.15) is 9.78 Å². The molecule has 1 fully saturated rings. The van der Waals surface area contributed by atoms with Crippen molar-refractivity contribution in [2.45, 2.75) is 38.6 Å². The van der Waals surface area contributed by atoms with E-state index in [2.05, 4.69) is 15.7 Å². The van der Waals surface area contributed by atoms with Gasteiger partial charge in [0.05, 0.1) is 11.4 Å². The molecule has 1 aliphatic rings. The van der Waals surface area contributed by atoms with Gasteiger partial charge in [-0.1, -0.05) is 54.4 Å². The fraction of sp³-hybridized carbons (Fsp3) is 0.207. The van der Waals surface area contributed by atoms with Gasteiger partial charge in [0.2, 0.25) is 0 Å². The van der Waals surface area contributed by atoms with E-state index in [9.17, 15) is 14.7 Å². The summed E-state index contributed by atoms with van der Waals surface area (Å²) in [5, 5.41) is 21.6. The lowest BCUT2D eigenvalue weighted by atomic mass is 9.82. The highest BCUT2D eigenvalue weighted by atomic mass is 35.5. The lowest BCUT2D eigenvalue weighted by molar-refractivity contribution is 0.102. The third-order valence-electron chi connectivity index (χ3n) is 6.76. The van der Waals surface area contributed by atoms with Gasteiger partial charge in [-0.15, -0.1) is 0 Å². The molecule has 1 heterocycles. The smallest absolute Gasteiger partial charge is 0.342 e. The zero-order valence-corrected chi connectivity index (χ0v) is 21.1. The Hall–Kier alpha value is -4.10. The Balaban J connectivity index is 1.42. The normalized spacial score (nSPS) is 13.1. The van der Waals surface area contributed by atoms with Crippen LogP contribution in [0.25, 0.3) is 11.3 Å². The molecular formula is C29H27ClN4O3. The number of anilines is 1. The topological polar surface area (TPSA) is 96.2 Å². The zero-order chi connectivity index (χ0) is 25.9. The van der Waals surface area contributed by atoms with Crippen molar-refractivity contribution in [1.82, 2.24) is 15.1 Å². The molecule has 37 heavy (non-hydrogen) atoms. The van der Waals surface area contributed by atoms with Gasteiger partial charge in [-0.3, -0.25) is 4.79 Å². The number of aromatic hydroxyl groups is 1. The van der Waals surface area contributed by atoms with Crippen molar-refractivity contribution in [3.8, 4) is 17.0 Å². The number of aryl methyl sites for hydroxylation is 1. The highest BCUT2D eigenvalue weighted by Crippen LogP contribution is 2.39. The average Bonchev–Trinajstić information content (AvgIpc) is 3.28. The lowest BCUT2D eigenvalue weighted by Gasteiger charge is -2.25. The van der Waals surface area contributed by atoms with Crippen molar-refractivity contribution in [2.24, 2.45) is 0 Å². The van der Waals surface area contributed by atoms with Crippen molar-refractivity contribution in [2.75, 3.05) is 5.32 Å². The number of hydrogen-bond acceptors (Lipinski definition) is 4. The summed E-state index contributed by atoms with van der Waals surface area (Å²) in [6.45, 7) is 2.14. The molecular weight excluding hydrogens is 488 g/mol. The van der Waals surface area contributed by atoms with E-state index >= 15 is 0 Å². The van der Waals surface area contributed by atoms with Crippen molar-refractivity contribution in [3.63, 3.8) is 0 Å². The number of amides is 2. The zero-order valence-electron chi connectivity index (χ0n) is 20.4. The maximum Gasteiger partial charge on any atom is 0.342 e. The summed E-state index contributed by atoms with van der Waals surface area (Å²) in [5.41, 5.74) is 4.45.